The van der Waals surface area contributed by atoms with E-state index in [1.165, 1.54) is 0 Å². The first-order valence-electron chi connectivity index (χ1n) is 6.53. The van der Waals surface area contributed by atoms with Gasteiger partial charge in [0, 0.05) is 6.54 Å². The van der Waals surface area contributed by atoms with Gasteiger partial charge in [0.15, 0.2) is 0 Å². The van der Waals surface area contributed by atoms with Crippen LogP contribution in [0, 0.1) is 0 Å². The van der Waals surface area contributed by atoms with E-state index in [-0.39, 0.29) is 11.9 Å². The third-order valence-electron chi connectivity index (χ3n) is 3.17. The molecule has 1 aromatic carbocycles. The number of morpholine rings is 1. The van der Waals surface area contributed by atoms with E-state index in [1.54, 1.807) is 7.11 Å². The fraction of sp³-hybridized carbons (Fsp3) is 0.500. The Morgan fingerprint density at radius 2 is 2.42 bits per heavy atom. The molecule has 1 aliphatic heterocycles. The number of methoxy groups -OCH3 is 1. The molecule has 1 atom stereocenters. The summed E-state index contributed by atoms with van der Waals surface area (Å²) in [4.78, 5) is 12.1. The maximum Gasteiger partial charge on any atom is 0.244 e. The van der Waals surface area contributed by atoms with Crippen molar-refractivity contribution in [2.24, 2.45) is 0 Å². The van der Waals surface area contributed by atoms with Crippen molar-refractivity contribution in [3.05, 3.63) is 23.8 Å². The first kappa shape index (κ1) is 13.8. The van der Waals surface area contributed by atoms with Gasteiger partial charge in [-0.05, 0) is 24.1 Å². The quantitative estimate of drug-likeness (QED) is 0.857. The van der Waals surface area contributed by atoms with E-state index in [1.807, 2.05) is 18.2 Å². The molecule has 1 amide bonds. The van der Waals surface area contributed by atoms with Gasteiger partial charge < -0.3 is 20.1 Å². The Morgan fingerprint density at radius 3 is 3.05 bits per heavy atom. The molecule has 104 valence electrons. The topological polar surface area (TPSA) is 59.6 Å². The zero-order valence-corrected chi connectivity index (χ0v) is 11.4. The van der Waals surface area contributed by atoms with Gasteiger partial charge in [0.1, 0.15) is 11.8 Å². The summed E-state index contributed by atoms with van der Waals surface area (Å²) >= 11 is 0. The van der Waals surface area contributed by atoms with E-state index in [0.29, 0.717) is 31.2 Å². The highest BCUT2D eigenvalue weighted by Gasteiger charge is 2.22. The van der Waals surface area contributed by atoms with E-state index in [2.05, 4.69) is 17.6 Å². The zero-order valence-electron chi connectivity index (χ0n) is 11.4. The van der Waals surface area contributed by atoms with Crippen LogP contribution in [0.5, 0.6) is 5.75 Å². The fourth-order valence-electron chi connectivity index (χ4n) is 2.03. The van der Waals surface area contributed by atoms with Crippen LogP contribution in [-0.2, 0) is 16.0 Å². The number of hydrogen-bond donors (Lipinski definition) is 2. The molecule has 0 saturated carbocycles. The van der Waals surface area contributed by atoms with Crippen LogP contribution >= 0.6 is 0 Å². The van der Waals surface area contributed by atoms with Crippen molar-refractivity contribution >= 4 is 11.6 Å². The van der Waals surface area contributed by atoms with Gasteiger partial charge in [-0.3, -0.25) is 4.79 Å². The lowest BCUT2D eigenvalue weighted by Gasteiger charge is -2.23. The number of carbonyl (C=O) groups excluding carboxylic acids is 1. The van der Waals surface area contributed by atoms with Crippen LogP contribution in [0.4, 0.5) is 5.69 Å². The maximum atomic E-state index is 12.1. The molecule has 0 spiro atoms. The Bertz CT molecular complexity index is 442. The largest absolute Gasteiger partial charge is 0.495 e. The molecule has 1 fully saturated rings. The Balaban J connectivity index is 2.10. The number of rotatable bonds is 4. The molecular weight excluding hydrogens is 244 g/mol. The van der Waals surface area contributed by atoms with Crippen LogP contribution in [-0.4, -0.2) is 38.8 Å². The Kier molecular flexibility index (Phi) is 4.76. The number of benzene rings is 1. The number of aryl methyl sites for hydroxylation is 1. The summed E-state index contributed by atoms with van der Waals surface area (Å²) in [5, 5.41) is 6.03. The molecule has 0 aromatic heterocycles. The van der Waals surface area contributed by atoms with Crippen molar-refractivity contribution in [1.29, 1.82) is 0 Å². The Hall–Kier alpha value is -1.59. The first-order chi connectivity index (χ1) is 9.24. The molecule has 1 heterocycles. The van der Waals surface area contributed by atoms with Crippen molar-refractivity contribution in [3.63, 3.8) is 0 Å². The second-order valence-electron chi connectivity index (χ2n) is 4.46. The van der Waals surface area contributed by atoms with Crippen LogP contribution in [0.1, 0.15) is 12.5 Å². The first-order valence-corrected chi connectivity index (χ1v) is 6.53. The summed E-state index contributed by atoms with van der Waals surface area (Å²) in [5.74, 6) is 0.577. The van der Waals surface area contributed by atoms with Crippen molar-refractivity contribution in [2.45, 2.75) is 19.4 Å². The molecule has 5 heteroatoms. The lowest BCUT2D eigenvalue weighted by Crippen LogP contribution is -2.48. The fourth-order valence-corrected chi connectivity index (χ4v) is 2.03. The SMILES string of the molecule is CCc1ccc(OC)c(NC(=O)C2COCCN2)c1. The molecule has 0 radical (unpaired) electrons. The second-order valence-corrected chi connectivity index (χ2v) is 4.46. The average molecular weight is 264 g/mol. The lowest BCUT2D eigenvalue weighted by atomic mass is 10.1. The summed E-state index contributed by atoms with van der Waals surface area (Å²) in [6.45, 7) is 3.83. The van der Waals surface area contributed by atoms with Crippen LogP contribution < -0.4 is 15.4 Å². The summed E-state index contributed by atoms with van der Waals surface area (Å²) in [6.07, 6.45) is 0.914. The molecule has 19 heavy (non-hydrogen) atoms. The molecule has 0 aliphatic carbocycles. The third kappa shape index (κ3) is 3.45. The molecule has 1 aliphatic rings. The maximum absolute atomic E-state index is 12.1. The van der Waals surface area contributed by atoms with Gasteiger partial charge >= 0.3 is 0 Å². The van der Waals surface area contributed by atoms with E-state index >= 15 is 0 Å². The minimum Gasteiger partial charge on any atom is -0.495 e. The Morgan fingerprint density at radius 1 is 1.58 bits per heavy atom. The monoisotopic (exact) mass is 264 g/mol. The minimum absolute atomic E-state index is 0.0914. The van der Waals surface area contributed by atoms with Crippen molar-refractivity contribution < 1.29 is 14.3 Å². The summed E-state index contributed by atoms with van der Waals surface area (Å²) < 4.78 is 10.6. The van der Waals surface area contributed by atoms with Crippen LogP contribution in [0.2, 0.25) is 0 Å². The van der Waals surface area contributed by atoms with E-state index in [4.69, 9.17) is 9.47 Å². The number of anilines is 1. The molecule has 1 unspecified atom stereocenters. The number of ether oxygens (including phenoxy) is 2. The number of nitrogens with one attached hydrogen (secondary N) is 2. The highest BCUT2D eigenvalue weighted by atomic mass is 16.5. The smallest absolute Gasteiger partial charge is 0.244 e. The van der Waals surface area contributed by atoms with Gasteiger partial charge in [-0.25, -0.2) is 0 Å². The number of hydrogen-bond acceptors (Lipinski definition) is 4. The predicted octanol–water partition coefficient (Wildman–Crippen LogP) is 1.18. The molecular formula is C14H20N2O3. The minimum atomic E-state index is -0.302. The van der Waals surface area contributed by atoms with Crippen molar-refractivity contribution in [2.75, 3.05) is 32.2 Å². The second kappa shape index (κ2) is 6.54. The van der Waals surface area contributed by atoms with Gasteiger partial charge in [0.2, 0.25) is 5.91 Å². The standard InChI is InChI=1S/C14H20N2O3/c1-3-10-4-5-13(18-2)11(8-10)16-14(17)12-9-19-7-6-15-12/h4-5,8,12,15H,3,6-7,9H2,1-2H3,(H,16,17). The predicted molar refractivity (Wildman–Crippen MR) is 73.6 cm³/mol. The molecule has 0 bridgehead atoms. The number of carbonyl (C=O) groups is 1. The zero-order chi connectivity index (χ0) is 13.7. The van der Waals surface area contributed by atoms with E-state index < -0.39 is 0 Å². The van der Waals surface area contributed by atoms with Gasteiger partial charge in [-0.2, -0.15) is 0 Å². The van der Waals surface area contributed by atoms with Gasteiger partial charge in [0.25, 0.3) is 0 Å². The molecule has 1 aromatic rings. The third-order valence-corrected chi connectivity index (χ3v) is 3.17. The molecule has 1 saturated heterocycles. The van der Waals surface area contributed by atoms with Gasteiger partial charge in [-0.15, -0.1) is 0 Å². The van der Waals surface area contributed by atoms with E-state index in [9.17, 15) is 4.79 Å². The lowest BCUT2D eigenvalue weighted by molar-refractivity contribution is -0.120. The Labute approximate surface area is 113 Å². The summed E-state index contributed by atoms with van der Waals surface area (Å²) in [6, 6.07) is 5.51. The highest BCUT2D eigenvalue weighted by molar-refractivity contribution is 5.96. The van der Waals surface area contributed by atoms with Crippen molar-refractivity contribution in [3.8, 4) is 5.75 Å². The summed E-state index contributed by atoms with van der Waals surface area (Å²) in [7, 11) is 1.60. The molecule has 2 rings (SSSR count). The molecule has 2 N–H and O–H groups in total. The highest BCUT2D eigenvalue weighted by Crippen LogP contribution is 2.25. The summed E-state index contributed by atoms with van der Waals surface area (Å²) in [5.41, 5.74) is 1.86. The van der Waals surface area contributed by atoms with Gasteiger partial charge in [0.05, 0.1) is 26.0 Å². The van der Waals surface area contributed by atoms with Crippen LogP contribution in [0.3, 0.4) is 0 Å². The van der Waals surface area contributed by atoms with Crippen molar-refractivity contribution in [1.82, 2.24) is 5.32 Å². The van der Waals surface area contributed by atoms with E-state index in [0.717, 1.165) is 12.0 Å². The van der Waals surface area contributed by atoms with Crippen LogP contribution in [0.15, 0.2) is 18.2 Å². The normalized spacial score (nSPS) is 18.9. The van der Waals surface area contributed by atoms with Gasteiger partial charge in [-0.1, -0.05) is 13.0 Å². The van der Waals surface area contributed by atoms with Crippen LogP contribution in [0.25, 0.3) is 0 Å². The average Bonchev–Trinajstić information content (AvgIpc) is 2.48. The number of amides is 1. The molecule has 5 nitrogen and oxygen atoms in total.